The Bertz CT molecular complexity index is 1290. The van der Waals surface area contributed by atoms with Crippen molar-refractivity contribution in [2.24, 2.45) is 0 Å². The molecule has 4 aromatic rings. The third-order valence-electron chi connectivity index (χ3n) is 4.92. The number of benzene rings is 3. The first-order valence-corrected chi connectivity index (χ1v) is 9.82. The summed E-state index contributed by atoms with van der Waals surface area (Å²) in [5, 5.41) is 16.7. The summed E-state index contributed by atoms with van der Waals surface area (Å²) in [6, 6.07) is 23.8. The van der Waals surface area contributed by atoms with Gasteiger partial charge in [-0.15, -0.1) is 0 Å². The van der Waals surface area contributed by atoms with E-state index in [-0.39, 0.29) is 5.91 Å². The molecule has 7 heteroatoms. The number of amides is 1. The molecule has 1 N–H and O–H groups in total. The van der Waals surface area contributed by atoms with E-state index in [1.54, 1.807) is 36.2 Å². The van der Waals surface area contributed by atoms with E-state index in [0.29, 0.717) is 34.0 Å². The fourth-order valence-electron chi connectivity index (χ4n) is 3.28. The number of aromatic nitrogens is 2. The number of para-hydroxylation sites is 1. The predicted octanol–water partition coefficient (Wildman–Crippen LogP) is 4.68. The van der Waals surface area contributed by atoms with Gasteiger partial charge in [0.1, 0.15) is 17.2 Å². The van der Waals surface area contributed by atoms with Crippen molar-refractivity contribution in [3.8, 4) is 34.5 Å². The molecule has 0 fully saturated rings. The summed E-state index contributed by atoms with van der Waals surface area (Å²) in [5.74, 6) is 0.797. The van der Waals surface area contributed by atoms with Gasteiger partial charge in [0, 0.05) is 11.8 Å². The van der Waals surface area contributed by atoms with Crippen LogP contribution in [0.3, 0.4) is 0 Å². The van der Waals surface area contributed by atoms with Gasteiger partial charge in [-0.1, -0.05) is 18.2 Å². The summed E-state index contributed by atoms with van der Waals surface area (Å²) in [6.07, 6.45) is 1.69. The maximum Gasteiger partial charge on any atom is 0.259 e. The largest absolute Gasteiger partial charge is 0.497 e. The highest BCUT2D eigenvalue weighted by atomic mass is 16.5. The number of nitriles is 1. The maximum absolute atomic E-state index is 13.3. The van der Waals surface area contributed by atoms with E-state index in [9.17, 15) is 10.1 Å². The second-order valence-corrected chi connectivity index (χ2v) is 6.88. The molecule has 32 heavy (non-hydrogen) atoms. The lowest BCUT2D eigenvalue weighted by Crippen LogP contribution is -2.13. The van der Waals surface area contributed by atoms with E-state index >= 15 is 0 Å². The second kappa shape index (κ2) is 9.06. The van der Waals surface area contributed by atoms with Crippen LogP contribution in [-0.2, 0) is 0 Å². The fraction of sp³-hybridized carbons (Fsp3) is 0.0800. The van der Waals surface area contributed by atoms with Crippen molar-refractivity contribution >= 4 is 11.6 Å². The lowest BCUT2D eigenvalue weighted by atomic mass is 10.1. The molecule has 1 heterocycles. The lowest BCUT2D eigenvalue weighted by Gasteiger charge is -2.10. The van der Waals surface area contributed by atoms with Gasteiger partial charge in [-0.25, -0.2) is 4.68 Å². The molecular formula is C25H20N4O3. The first-order chi connectivity index (χ1) is 15.6. The van der Waals surface area contributed by atoms with Gasteiger partial charge in [0.25, 0.3) is 5.91 Å². The van der Waals surface area contributed by atoms with Gasteiger partial charge in [0.05, 0.1) is 42.8 Å². The van der Waals surface area contributed by atoms with Crippen LogP contribution < -0.4 is 14.8 Å². The molecule has 1 aromatic heterocycles. The van der Waals surface area contributed by atoms with E-state index in [2.05, 4.69) is 16.5 Å². The number of carbonyl (C=O) groups excluding carboxylic acids is 1. The van der Waals surface area contributed by atoms with E-state index < -0.39 is 0 Å². The van der Waals surface area contributed by atoms with Gasteiger partial charge in [-0.2, -0.15) is 10.4 Å². The molecule has 0 saturated carbocycles. The molecule has 4 rings (SSSR count). The topological polar surface area (TPSA) is 89.2 Å². The third kappa shape index (κ3) is 4.16. The first-order valence-electron chi connectivity index (χ1n) is 9.82. The monoisotopic (exact) mass is 424 g/mol. The van der Waals surface area contributed by atoms with E-state index in [1.165, 1.54) is 7.11 Å². The van der Waals surface area contributed by atoms with Gasteiger partial charge in [0.15, 0.2) is 0 Å². The molecule has 0 aliphatic heterocycles. The Balaban J connectivity index is 1.77. The highest BCUT2D eigenvalue weighted by molar-refractivity contribution is 6.08. The van der Waals surface area contributed by atoms with Gasteiger partial charge in [-0.3, -0.25) is 4.79 Å². The van der Waals surface area contributed by atoms with E-state index in [1.807, 2.05) is 54.6 Å². The minimum Gasteiger partial charge on any atom is -0.497 e. The Labute approximate surface area is 185 Å². The molecule has 158 valence electrons. The average molecular weight is 424 g/mol. The number of carbonyl (C=O) groups is 1. The van der Waals surface area contributed by atoms with Crippen molar-refractivity contribution in [2.75, 3.05) is 19.5 Å². The Morgan fingerprint density at radius 3 is 2.41 bits per heavy atom. The Hall–Kier alpha value is -4.57. The fourth-order valence-corrected chi connectivity index (χ4v) is 3.28. The van der Waals surface area contributed by atoms with Crippen molar-refractivity contribution in [3.63, 3.8) is 0 Å². The number of hydrogen-bond donors (Lipinski definition) is 1. The van der Waals surface area contributed by atoms with Crippen LogP contribution in [0, 0.1) is 11.3 Å². The molecule has 0 atom stereocenters. The number of hydrogen-bond acceptors (Lipinski definition) is 5. The van der Waals surface area contributed by atoms with E-state index in [4.69, 9.17) is 9.47 Å². The zero-order valence-electron chi connectivity index (χ0n) is 17.6. The number of rotatable bonds is 6. The normalized spacial score (nSPS) is 10.3. The molecule has 0 spiro atoms. The summed E-state index contributed by atoms with van der Waals surface area (Å²) in [4.78, 5) is 13.3. The zero-order valence-corrected chi connectivity index (χ0v) is 17.6. The molecule has 7 nitrogen and oxygen atoms in total. The first kappa shape index (κ1) is 20.7. The van der Waals surface area contributed by atoms with Crippen LogP contribution in [-0.4, -0.2) is 29.9 Å². The minimum atomic E-state index is -0.369. The van der Waals surface area contributed by atoms with Crippen LogP contribution in [0.15, 0.2) is 79.0 Å². The molecule has 0 unspecified atom stereocenters. The van der Waals surface area contributed by atoms with Crippen LogP contribution in [0.25, 0.3) is 16.9 Å². The molecular weight excluding hydrogens is 404 g/mol. The SMILES string of the molecule is COc1ccc(-c2nn(-c3ccccc3)cc2C(=O)Nc2cc(C#N)ccc2OC)cc1. The zero-order chi connectivity index (χ0) is 22.5. The Morgan fingerprint density at radius 2 is 1.75 bits per heavy atom. The molecule has 0 saturated heterocycles. The summed E-state index contributed by atoms with van der Waals surface area (Å²) < 4.78 is 12.2. The summed E-state index contributed by atoms with van der Waals surface area (Å²) in [7, 11) is 3.11. The van der Waals surface area contributed by atoms with Crippen LogP contribution in [0.1, 0.15) is 15.9 Å². The van der Waals surface area contributed by atoms with Crippen molar-refractivity contribution in [3.05, 3.63) is 90.1 Å². The predicted molar refractivity (Wildman–Crippen MR) is 121 cm³/mol. The number of nitrogens with one attached hydrogen (secondary N) is 1. The highest BCUT2D eigenvalue weighted by Gasteiger charge is 2.20. The van der Waals surface area contributed by atoms with Crippen molar-refractivity contribution < 1.29 is 14.3 Å². The third-order valence-corrected chi connectivity index (χ3v) is 4.92. The molecule has 0 aliphatic rings. The highest BCUT2D eigenvalue weighted by Crippen LogP contribution is 2.29. The van der Waals surface area contributed by atoms with Gasteiger partial charge in [0.2, 0.25) is 0 Å². The van der Waals surface area contributed by atoms with Crippen molar-refractivity contribution in [1.29, 1.82) is 5.26 Å². The molecule has 0 aliphatic carbocycles. The van der Waals surface area contributed by atoms with Crippen molar-refractivity contribution in [1.82, 2.24) is 9.78 Å². The number of nitrogens with zero attached hydrogens (tertiary/aromatic N) is 3. The lowest BCUT2D eigenvalue weighted by molar-refractivity contribution is 0.102. The summed E-state index contributed by atoms with van der Waals surface area (Å²) in [5.41, 5.74) is 3.31. The smallest absolute Gasteiger partial charge is 0.259 e. The van der Waals surface area contributed by atoms with Gasteiger partial charge >= 0.3 is 0 Å². The van der Waals surface area contributed by atoms with Gasteiger partial charge < -0.3 is 14.8 Å². The second-order valence-electron chi connectivity index (χ2n) is 6.88. The standard InChI is InChI=1S/C25H20N4O3/c1-31-20-11-9-18(10-12-20)24-21(16-29(28-24)19-6-4-3-5-7-19)25(30)27-22-14-17(15-26)8-13-23(22)32-2/h3-14,16H,1-2H3,(H,27,30). The van der Waals surface area contributed by atoms with E-state index in [0.717, 1.165) is 11.3 Å². The van der Waals surface area contributed by atoms with Crippen LogP contribution >= 0.6 is 0 Å². The number of anilines is 1. The Kier molecular flexibility index (Phi) is 5.86. The average Bonchev–Trinajstić information content (AvgIpc) is 3.30. The Morgan fingerprint density at radius 1 is 1.00 bits per heavy atom. The van der Waals surface area contributed by atoms with Crippen molar-refractivity contribution in [2.45, 2.75) is 0 Å². The van der Waals surface area contributed by atoms with Crippen LogP contribution in [0.4, 0.5) is 5.69 Å². The molecule has 0 radical (unpaired) electrons. The number of methoxy groups -OCH3 is 2. The minimum absolute atomic E-state index is 0.369. The molecule has 0 bridgehead atoms. The maximum atomic E-state index is 13.3. The summed E-state index contributed by atoms with van der Waals surface area (Å²) >= 11 is 0. The molecule has 3 aromatic carbocycles. The number of ether oxygens (including phenoxy) is 2. The van der Waals surface area contributed by atoms with Gasteiger partial charge in [-0.05, 0) is 54.6 Å². The quantitative estimate of drug-likeness (QED) is 0.485. The summed E-state index contributed by atoms with van der Waals surface area (Å²) in [6.45, 7) is 0. The molecule has 1 amide bonds. The van der Waals surface area contributed by atoms with Crippen LogP contribution in [0.2, 0.25) is 0 Å². The van der Waals surface area contributed by atoms with Crippen LogP contribution in [0.5, 0.6) is 11.5 Å².